The van der Waals surface area contributed by atoms with Crippen molar-refractivity contribution in [2.75, 3.05) is 20.1 Å². The van der Waals surface area contributed by atoms with Crippen LogP contribution in [-0.2, 0) is 6.54 Å². The van der Waals surface area contributed by atoms with Crippen LogP contribution in [0.15, 0.2) is 23.0 Å². The van der Waals surface area contributed by atoms with E-state index in [1.807, 2.05) is 12.3 Å². The molecule has 98 valence electrons. The third-order valence-electron chi connectivity index (χ3n) is 3.25. The lowest BCUT2D eigenvalue weighted by Crippen LogP contribution is -2.22. The zero-order chi connectivity index (χ0) is 12.7. The van der Waals surface area contributed by atoms with E-state index >= 15 is 0 Å². The van der Waals surface area contributed by atoms with Gasteiger partial charge in [-0.25, -0.2) is 0 Å². The van der Waals surface area contributed by atoms with Crippen molar-refractivity contribution in [2.24, 2.45) is 11.1 Å². The van der Waals surface area contributed by atoms with Crippen LogP contribution in [0.5, 0.6) is 0 Å². The van der Waals surface area contributed by atoms with Crippen LogP contribution in [0.2, 0.25) is 0 Å². The number of hydrogen-bond acceptors (Lipinski definition) is 3. The smallest absolute Gasteiger partial charge is 0.0947 e. The van der Waals surface area contributed by atoms with Gasteiger partial charge in [0.05, 0.1) is 12.5 Å². The molecule has 0 bridgehead atoms. The molecule has 0 aliphatic rings. The Labute approximate surface area is 105 Å². The number of rotatable bonds is 8. The third-order valence-corrected chi connectivity index (χ3v) is 3.25. The molecule has 0 saturated heterocycles. The number of nitrogens with zero attached hydrogens (tertiary/aromatic N) is 1. The third kappa shape index (κ3) is 5.89. The fourth-order valence-electron chi connectivity index (χ4n) is 2.12. The van der Waals surface area contributed by atoms with Crippen molar-refractivity contribution in [1.29, 1.82) is 0 Å². The highest BCUT2D eigenvalue weighted by molar-refractivity contribution is 5.04. The Bertz CT molecular complexity index is 293. The van der Waals surface area contributed by atoms with E-state index in [-0.39, 0.29) is 0 Å². The standard InChI is InChI=1S/C14H26N2O/c1-14(2,7-8-15)6-4-9-16(3)11-13-5-10-17-12-13/h5,10,12H,4,6-9,11,15H2,1-3H3. The molecule has 0 amide bonds. The van der Waals surface area contributed by atoms with Gasteiger partial charge in [0.15, 0.2) is 0 Å². The van der Waals surface area contributed by atoms with E-state index in [4.69, 9.17) is 10.2 Å². The van der Waals surface area contributed by atoms with E-state index in [0.29, 0.717) is 5.41 Å². The molecule has 0 aromatic carbocycles. The molecule has 0 radical (unpaired) electrons. The summed E-state index contributed by atoms with van der Waals surface area (Å²) in [6.07, 6.45) is 7.11. The van der Waals surface area contributed by atoms with E-state index < -0.39 is 0 Å². The van der Waals surface area contributed by atoms with E-state index in [2.05, 4.69) is 25.8 Å². The maximum absolute atomic E-state index is 5.62. The minimum absolute atomic E-state index is 0.380. The first kappa shape index (κ1) is 14.3. The zero-order valence-electron chi connectivity index (χ0n) is 11.4. The van der Waals surface area contributed by atoms with E-state index in [0.717, 1.165) is 26.1 Å². The van der Waals surface area contributed by atoms with E-state index in [1.54, 1.807) is 6.26 Å². The largest absolute Gasteiger partial charge is 0.472 e. The van der Waals surface area contributed by atoms with Crippen LogP contribution in [0.25, 0.3) is 0 Å². The van der Waals surface area contributed by atoms with E-state index in [1.165, 1.54) is 18.4 Å². The van der Waals surface area contributed by atoms with Gasteiger partial charge in [0, 0.05) is 12.1 Å². The molecule has 3 nitrogen and oxygen atoms in total. The number of nitrogens with two attached hydrogens (primary N) is 1. The second-order valence-corrected chi connectivity index (χ2v) is 5.68. The fraction of sp³-hybridized carbons (Fsp3) is 0.714. The first-order valence-electron chi connectivity index (χ1n) is 6.43. The van der Waals surface area contributed by atoms with Crippen LogP contribution in [0.3, 0.4) is 0 Å². The molecule has 1 aromatic heterocycles. The van der Waals surface area contributed by atoms with Crippen molar-refractivity contribution < 1.29 is 4.42 Å². The van der Waals surface area contributed by atoms with Gasteiger partial charge in [0.1, 0.15) is 0 Å². The Morgan fingerprint density at radius 1 is 1.35 bits per heavy atom. The molecule has 0 unspecified atom stereocenters. The van der Waals surface area contributed by atoms with Crippen molar-refractivity contribution in [3.05, 3.63) is 24.2 Å². The Morgan fingerprint density at radius 2 is 2.12 bits per heavy atom. The molecule has 1 heterocycles. The summed E-state index contributed by atoms with van der Waals surface area (Å²) in [6.45, 7) is 7.48. The highest BCUT2D eigenvalue weighted by atomic mass is 16.3. The van der Waals surface area contributed by atoms with E-state index in [9.17, 15) is 0 Å². The van der Waals surface area contributed by atoms with Gasteiger partial charge in [0.2, 0.25) is 0 Å². The van der Waals surface area contributed by atoms with Crippen LogP contribution >= 0.6 is 0 Å². The molecule has 0 saturated carbocycles. The fourth-order valence-corrected chi connectivity index (χ4v) is 2.12. The molecule has 3 heteroatoms. The quantitative estimate of drug-likeness (QED) is 0.757. The molecule has 17 heavy (non-hydrogen) atoms. The van der Waals surface area contributed by atoms with Gasteiger partial charge >= 0.3 is 0 Å². The molecular weight excluding hydrogens is 212 g/mol. The molecule has 1 rings (SSSR count). The maximum atomic E-state index is 5.62. The van der Waals surface area contributed by atoms with Gasteiger partial charge in [-0.15, -0.1) is 0 Å². The normalized spacial score (nSPS) is 12.3. The summed E-state index contributed by atoms with van der Waals surface area (Å²) in [7, 11) is 2.16. The Balaban J connectivity index is 2.18. The minimum atomic E-state index is 0.380. The topological polar surface area (TPSA) is 42.4 Å². The Kier molecular flexibility index (Phi) is 5.72. The summed E-state index contributed by atoms with van der Waals surface area (Å²) in [4.78, 5) is 2.34. The highest BCUT2D eigenvalue weighted by Crippen LogP contribution is 2.25. The lowest BCUT2D eigenvalue weighted by molar-refractivity contribution is 0.259. The highest BCUT2D eigenvalue weighted by Gasteiger charge is 2.16. The average Bonchev–Trinajstić information content (AvgIpc) is 2.69. The predicted molar refractivity (Wildman–Crippen MR) is 71.7 cm³/mol. The van der Waals surface area contributed by atoms with Gasteiger partial charge in [-0.2, -0.15) is 0 Å². The van der Waals surface area contributed by atoms with Gasteiger partial charge in [-0.05, 0) is 50.9 Å². The summed E-state index contributed by atoms with van der Waals surface area (Å²) < 4.78 is 5.07. The molecule has 0 spiro atoms. The second kappa shape index (κ2) is 6.82. The number of furan rings is 1. The van der Waals surface area contributed by atoms with Gasteiger partial charge in [-0.3, -0.25) is 0 Å². The van der Waals surface area contributed by atoms with Gasteiger partial charge < -0.3 is 15.1 Å². The first-order valence-corrected chi connectivity index (χ1v) is 6.43. The van der Waals surface area contributed by atoms with Crippen molar-refractivity contribution in [1.82, 2.24) is 4.90 Å². The van der Waals surface area contributed by atoms with Crippen LogP contribution in [-0.4, -0.2) is 25.0 Å². The lowest BCUT2D eigenvalue weighted by atomic mass is 9.84. The summed E-state index contributed by atoms with van der Waals surface area (Å²) >= 11 is 0. The molecule has 2 N–H and O–H groups in total. The average molecular weight is 238 g/mol. The Morgan fingerprint density at radius 3 is 2.71 bits per heavy atom. The zero-order valence-corrected chi connectivity index (χ0v) is 11.4. The van der Waals surface area contributed by atoms with Crippen molar-refractivity contribution in [2.45, 2.75) is 39.7 Å². The molecule has 0 aliphatic heterocycles. The van der Waals surface area contributed by atoms with Crippen LogP contribution < -0.4 is 5.73 Å². The molecule has 1 aromatic rings. The lowest BCUT2D eigenvalue weighted by Gasteiger charge is -2.25. The molecular formula is C14H26N2O. The summed E-state index contributed by atoms with van der Waals surface area (Å²) in [5.41, 5.74) is 7.24. The molecule has 0 atom stereocenters. The predicted octanol–water partition coefficient (Wildman–Crippen LogP) is 2.87. The SMILES string of the molecule is CN(CCCC(C)(C)CCN)Cc1ccoc1. The Hall–Kier alpha value is -0.800. The maximum Gasteiger partial charge on any atom is 0.0947 e. The number of hydrogen-bond donors (Lipinski definition) is 1. The van der Waals surface area contributed by atoms with Crippen LogP contribution in [0, 0.1) is 5.41 Å². The van der Waals surface area contributed by atoms with Crippen molar-refractivity contribution in [3.63, 3.8) is 0 Å². The van der Waals surface area contributed by atoms with Crippen molar-refractivity contribution >= 4 is 0 Å². The monoisotopic (exact) mass is 238 g/mol. The summed E-state index contributed by atoms with van der Waals surface area (Å²) in [5.74, 6) is 0. The summed E-state index contributed by atoms with van der Waals surface area (Å²) in [6, 6.07) is 2.02. The van der Waals surface area contributed by atoms with Gasteiger partial charge in [-0.1, -0.05) is 13.8 Å². The van der Waals surface area contributed by atoms with Crippen LogP contribution in [0.4, 0.5) is 0 Å². The molecule has 0 fully saturated rings. The van der Waals surface area contributed by atoms with Crippen LogP contribution in [0.1, 0.15) is 38.7 Å². The van der Waals surface area contributed by atoms with Gasteiger partial charge in [0.25, 0.3) is 0 Å². The second-order valence-electron chi connectivity index (χ2n) is 5.68. The minimum Gasteiger partial charge on any atom is -0.472 e. The first-order chi connectivity index (χ1) is 8.03. The van der Waals surface area contributed by atoms with Crippen molar-refractivity contribution in [3.8, 4) is 0 Å². The summed E-state index contributed by atoms with van der Waals surface area (Å²) in [5, 5.41) is 0. The molecule has 0 aliphatic carbocycles.